The van der Waals surface area contributed by atoms with Crippen LogP contribution in [0.1, 0.15) is 10.5 Å². The van der Waals surface area contributed by atoms with Crippen LogP contribution in [0.4, 0.5) is 0 Å². The Morgan fingerprint density at radius 3 is 2.76 bits per heavy atom. The van der Waals surface area contributed by atoms with Gasteiger partial charge in [0.1, 0.15) is 11.2 Å². The molecular formula is C13H8ClN3O4. The van der Waals surface area contributed by atoms with Crippen molar-refractivity contribution in [3.05, 3.63) is 51.4 Å². The van der Waals surface area contributed by atoms with Crippen LogP contribution in [0.2, 0.25) is 5.02 Å². The number of hydrogen-bond donors (Lipinski definition) is 3. The summed E-state index contributed by atoms with van der Waals surface area (Å²) in [6.45, 7) is 0. The molecule has 0 saturated carbocycles. The molecule has 0 fully saturated rings. The average molecular weight is 306 g/mol. The number of aromatic amines is 1. The third kappa shape index (κ3) is 2.13. The largest absolute Gasteiger partial charge is 0.493 e. The number of nitrogens with one attached hydrogen (secondary N) is 1. The highest BCUT2D eigenvalue weighted by molar-refractivity contribution is 6.30. The smallest absolute Gasteiger partial charge is 0.356 e. The van der Waals surface area contributed by atoms with Gasteiger partial charge in [0, 0.05) is 11.1 Å². The number of rotatable bonds is 2. The fourth-order valence-corrected chi connectivity index (χ4v) is 2.22. The van der Waals surface area contributed by atoms with Gasteiger partial charge in [0.15, 0.2) is 5.69 Å². The molecule has 8 heteroatoms. The maximum Gasteiger partial charge on any atom is 0.356 e. The van der Waals surface area contributed by atoms with E-state index in [0.29, 0.717) is 10.6 Å². The van der Waals surface area contributed by atoms with Crippen molar-refractivity contribution in [2.24, 2.45) is 0 Å². The zero-order valence-electron chi connectivity index (χ0n) is 10.4. The molecule has 3 aromatic rings. The first-order chi connectivity index (χ1) is 9.97. The summed E-state index contributed by atoms with van der Waals surface area (Å²) < 4.78 is 0.959. The molecule has 0 bridgehead atoms. The van der Waals surface area contributed by atoms with Crippen LogP contribution in [0.3, 0.4) is 0 Å². The van der Waals surface area contributed by atoms with Gasteiger partial charge in [0.05, 0.1) is 0 Å². The van der Waals surface area contributed by atoms with Crippen molar-refractivity contribution < 1.29 is 15.0 Å². The molecule has 0 aliphatic rings. The van der Waals surface area contributed by atoms with Crippen LogP contribution >= 0.6 is 11.6 Å². The van der Waals surface area contributed by atoms with Gasteiger partial charge in [-0.3, -0.25) is 4.79 Å². The zero-order valence-corrected chi connectivity index (χ0v) is 11.1. The Labute approximate surface area is 122 Å². The molecule has 0 unspecified atom stereocenters. The van der Waals surface area contributed by atoms with Gasteiger partial charge >= 0.3 is 5.97 Å². The number of carbonyl (C=O) groups is 1. The van der Waals surface area contributed by atoms with E-state index in [1.54, 1.807) is 18.2 Å². The Morgan fingerprint density at radius 2 is 2.10 bits per heavy atom. The lowest BCUT2D eigenvalue weighted by molar-refractivity contribution is 0.0690. The highest BCUT2D eigenvalue weighted by atomic mass is 35.5. The third-order valence-corrected chi connectivity index (χ3v) is 3.17. The lowest BCUT2D eigenvalue weighted by atomic mass is 10.1. The highest BCUT2D eigenvalue weighted by Crippen LogP contribution is 2.27. The van der Waals surface area contributed by atoms with Crippen molar-refractivity contribution in [2.75, 3.05) is 0 Å². The lowest BCUT2D eigenvalue weighted by Gasteiger charge is -2.05. The van der Waals surface area contributed by atoms with E-state index in [-0.39, 0.29) is 16.9 Å². The van der Waals surface area contributed by atoms with E-state index in [1.165, 1.54) is 6.07 Å². The van der Waals surface area contributed by atoms with E-state index in [0.717, 1.165) is 10.6 Å². The van der Waals surface area contributed by atoms with Gasteiger partial charge in [-0.25, -0.2) is 4.79 Å². The fourth-order valence-electron chi connectivity index (χ4n) is 2.03. The zero-order chi connectivity index (χ0) is 15.1. The number of benzene rings is 1. The van der Waals surface area contributed by atoms with Crippen LogP contribution in [-0.4, -0.2) is 30.8 Å². The third-order valence-electron chi connectivity index (χ3n) is 2.93. The topological polar surface area (TPSA) is 108 Å². The monoisotopic (exact) mass is 305 g/mol. The highest BCUT2D eigenvalue weighted by Gasteiger charge is 2.18. The van der Waals surface area contributed by atoms with Crippen LogP contribution < -0.4 is 5.56 Å². The molecule has 7 nitrogen and oxygen atoms in total. The second-order valence-corrected chi connectivity index (χ2v) is 4.73. The number of halogens is 1. The minimum Gasteiger partial charge on any atom is -0.493 e. The number of aromatic carboxylic acids is 1. The average Bonchev–Trinajstić information content (AvgIpc) is 2.83. The van der Waals surface area contributed by atoms with E-state index in [2.05, 4.69) is 10.1 Å². The number of aromatic nitrogens is 3. The molecule has 0 radical (unpaired) electrons. The molecule has 106 valence electrons. The van der Waals surface area contributed by atoms with Crippen LogP contribution in [0.15, 0.2) is 35.1 Å². The van der Waals surface area contributed by atoms with E-state index in [4.69, 9.17) is 16.7 Å². The number of carboxylic acid groups (broad SMARTS) is 1. The van der Waals surface area contributed by atoms with Crippen LogP contribution in [0, 0.1) is 0 Å². The van der Waals surface area contributed by atoms with Gasteiger partial charge in [0.25, 0.3) is 5.56 Å². The summed E-state index contributed by atoms with van der Waals surface area (Å²) in [7, 11) is 0. The van der Waals surface area contributed by atoms with Gasteiger partial charge < -0.3 is 15.2 Å². The maximum absolute atomic E-state index is 12.1. The number of carboxylic acids is 1. The van der Waals surface area contributed by atoms with Crippen LogP contribution in [0.5, 0.6) is 5.88 Å². The maximum atomic E-state index is 12.1. The Morgan fingerprint density at radius 1 is 1.33 bits per heavy atom. The molecule has 0 atom stereocenters. The lowest BCUT2D eigenvalue weighted by Crippen LogP contribution is -2.12. The molecular weight excluding hydrogens is 298 g/mol. The van der Waals surface area contributed by atoms with Crippen molar-refractivity contribution in [2.45, 2.75) is 0 Å². The number of nitrogens with zero attached hydrogens (tertiary/aromatic N) is 2. The van der Waals surface area contributed by atoms with Crippen molar-refractivity contribution >= 4 is 23.2 Å². The van der Waals surface area contributed by atoms with E-state index in [9.17, 15) is 14.7 Å². The first kappa shape index (κ1) is 13.2. The molecule has 0 aliphatic carbocycles. The molecule has 2 aromatic heterocycles. The summed E-state index contributed by atoms with van der Waals surface area (Å²) in [5.74, 6) is -1.72. The molecule has 0 spiro atoms. The SMILES string of the molecule is O=C(O)c1cc2[nH]c(=O)c(-c3cccc(Cl)c3)c(O)n2n1. The van der Waals surface area contributed by atoms with Crippen molar-refractivity contribution in [1.82, 2.24) is 14.6 Å². The number of aromatic hydroxyl groups is 1. The summed E-state index contributed by atoms with van der Waals surface area (Å²) in [6.07, 6.45) is 0. The van der Waals surface area contributed by atoms with Crippen LogP contribution in [0.25, 0.3) is 16.8 Å². The molecule has 2 heterocycles. The van der Waals surface area contributed by atoms with Gasteiger partial charge in [0.2, 0.25) is 5.88 Å². The molecule has 21 heavy (non-hydrogen) atoms. The second kappa shape index (κ2) is 4.64. The Hall–Kier alpha value is -2.80. The predicted octanol–water partition coefficient (Wildman–Crippen LogP) is 1.75. The predicted molar refractivity (Wildman–Crippen MR) is 74.9 cm³/mol. The minimum atomic E-state index is -1.26. The van der Waals surface area contributed by atoms with Crippen molar-refractivity contribution in [3.8, 4) is 17.0 Å². The quantitative estimate of drug-likeness (QED) is 0.668. The first-order valence-corrected chi connectivity index (χ1v) is 6.19. The Kier molecular flexibility index (Phi) is 2.91. The van der Waals surface area contributed by atoms with Gasteiger partial charge in [-0.05, 0) is 17.7 Å². The summed E-state index contributed by atoms with van der Waals surface area (Å²) in [6, 6.07) is 7.53. The number of hydrogen-bond acceptors (Lipinski definition) is 4. The summed E-state index contributed by atoms with van der Waals surface area (Å²) >= 11 is 5.87. The van der Waals surface area contributed by atoms with E-state index >= 15 is 0 Å². The summed E-state index contributed by atoms with van der Waals surface area (Å²) in [4.78, 5) is 25.5. The summed E-state index contributed by atoms with van der Waals surface area (Å²) in [5.41, 5.74) is -0.412. The van der Waals surface area contributed by atoms with E-state index in [1.807, 2.05) is 0 Å². The van der Waals surface area contributed by atoms with Gasteiger partial charge in [-0.2, -0.15) is 9.61 Å². The second-order valence-electron chi connectivity index (χ2n) is 4.29. The molecule has 1 aromatic carbocycles. The minimum absolute atomic E-state index is 0.0370. The molecule has 0 saturated heterocycles. The van der Waals surface area contributed by atoms with Crippen LogP contribution in [-0.2, 0) is 0 Å². The summed E-state index contributed by atoms with van der Waals surface area (Å²) in [5, 5.41) is 23.2. The molecule has 0 amide bonds. The van der Waals surface area contributed by atoms with E-state index < -0.39 is 17.4 Å². The first-order valence-electron chi connectivity index (χ1n) is 5.81. The molecule has 3 N–H and O–H groups in total. The van der Waals surface area contributed by atoms with Crippen molar-refractivity contribution in [1.29, 1.82) is 0 Å². The molecule has 0 aliphatic heterocycles. The van der Waals surface area contributed by atoms with Crippen molar-refractivity contribution in [3.63, 3.8) is 0 Å². The van der Waals surface area contributed by atoms with Gasteiger partial charge in [-0.15, -0.1) is 0 Å². The number of H-pyrrole nitrogens is 1. The Balaban J connectivity index is 2.34. The fraction of sp³-hybridized carbons (Fsp3) is 0. The standard InChI is InChI=1S/C13H8ClN3O4/c14-7-3-1-2-6(4-7)10-11(18)15-9-5-8(13(20)21)16-17(9)12(10)19/h1-5,19H,(H,15,18)(H,20,21). The molecule has 3 rings (SSSR count). The number of fused-ring (bicyclic) bond motifs is 1. The normalized spacial score (nSPS) is 10.9. The van der Waals surface area contributed by atoms with Gasteiger partial charge in [-0.1, -0.05) is 23.7 Å². The Bertz CT molecular complexity index is 929.